The second-order valence-electron chi connectivity index (χ2n) is 12.2. The van der Waals surface area contributed by atoms with E-state index in [2.05, 4.69) is 147 Å². The van der Waals surface area contributed by atoms with Crippen LogP contribution in [0.1, 0.15) is 30.5 Å². The minimum atomic E-state index is 0.904. The van der Waals surface area contributed by atoms with Crippen molar-refractivity contribution in [2.45, 2.75) is 20.8 Å². The monoisotopic (exact) mass is 578 g/mol. The maximum atomic E-state index is 7.03. The van der Waals surface area contributed by atoms with Crippen LogP contribution < -0.4 is 0 Å². The molecule has 0 bridgehead atoms. The second-order valence-corrected chi connectivity index (χ2v) is 12.2. The molecule has 2 aromatic heterocycles. The number of hydrogen-bond donors (Lipinski definition) is 1. The zero-order chi connectivity index (χ0) is 30.2. The molecule has 0 saturated heterocycles. The number of fused-ring (bicyclic) bond motifs is 7. The van der Waals surface area contributed by atoms with Crippen molar-refractivity contribution in [2.24, 2.45) is 4.99 Å². The van der Waals surface area contributed by atoms with Crippen molar-refractivity contribution in [3.63, 3.8) is 0 Å². The molecule has 9 rings (SSSR count). The summed E-state index contributed by atoms with van der Waals surface area (Å²) in [5.41, 5.74) is 11.5. The maximum absolute atomic E-state index is 7.03. The van der Waals surface area contributed by atoms with Crippen molar-refractivity contribution >= 4 is 82.3 Å². The first kappa shape index (κ1) is 25.8. The summed E-state index contributed by atoms with van der Waals surface area (Å²) in [5.74, 6) is 0. The summed E-state index contributed by atoms with van der Waals surface area (Å²) in [6.45, 7) is 6.52. The molecule has 7 aromatic carbocycles. The summed E-state index contributed by atoms with van der Waals surface area (Å²) in [6.07, 6.45) is 0. The zero-order valence-electron chi connectivity index (χ0n) is 25.4. The van der Waals surface area contributed by atoms with E-state index in [0.29, 0.717) is 0 Å². The molecule has 0 amide bonds. The van der Waals surface area contributed by atoms with Gasteiger partial charge in [-0.1, -0.05) is 109 Å². The molecule has 0 atom stereocenters. The molecule has 0 radical (unpaired) electrons. The average Bonchev–Trinajstić information content (AvgIpc) is 3.65. The minimum absolute atomic E-state index is 0.904. The molecule has 45 heavy (non-hydrogen) atoms. The Kier molecular flexibility index (Phi) is 5.54. The van der Waals surface area contributed by atoms with Gasteiger partial charge in [0.1, 0.15) is 11.2 Å². The first-order valence-electron chi connectivity index (χ1n) is 15.5. The molecule has 0 saturated carbocycles. The van der Waals surface area contributed by atoms with Crippen LogP contribution in [0.2, 0.25) is 0 Å². The van der Waals surface area contributed by atoms with Crippen LogP contribution in [-0.2, 0) is 0 Å². The first-order chi connectivity index (χ1) is 22.1. The van der Waals surface area contributed by atoms with Crippen molar-refractivity contribution in [1.82, 2.24) is 4.98 Å². The number of rotatable bonds is 4. The van der Waals surface area contributed by atoms with Crippen molar-refractivity contribution in [1.29, 1.82) is 0 Å². The molecule has 1 N–H and O–H groups in total. The van der Waals surface area contributed by atoms with Crippen LogP contribution in [-0.4, -0.2) is 10.7 Å². The number of aromatic amines is 1. The van der Waals surface area contributed by atoms with E-state index >= 15 is 0 Å². The summed E-state index contributed by atoms with van der Waals surface area (Å²) < 4.78 is 7.03. The van der Waals surface area contributed by atoms with E-state index in [-0.39, 0.29) is 0 Å². The van der Waals surface area contributed by atoms with Gasteiger partial charge in [0, 0.05) is 49.1 Å². The molecular formula is C42H30N2O. The summed E-state index contributed by atoms with van der Waals surface area (Å²) in [7, 11) is 0. The second kappa shape index (κ2) is 9.67. The van der Waals surface area contributed by atoms with E-state index in [4.69, 9.17) is 9.41 Å². The summed E-state index contributed by atoms with van der Waals surface area (Å²) in [6, 6.07) is 42.7. The molecule has 0 fully saturated rings. The van der Waals surface area contributed by atoms with Gasteiger partial charge >= 0.3 is 0 Å². The standard InChI is InChI=1S/C42H30N2O/c1-24(2)34(40(26-15-5-4-6-16-26)43-31-21-11-7-14-25(31)3)38-37-30-19-10-12-22-32(30)44-41(37)36-29-18-9-8-17-27(29)28-20-13-23-33-35(28)39(36)42(38)45-33/h4-23,44H,1-3H3. The smallest absolute Gasteiger partial charge is 0.144 e. The highest BCUT2D eigenvalue weighted by molar-refractivity contribution is 6.45. The van der Waals surface area contributed by atoms with E-state index in [1.807, 2.05) is 0 Å². The fraction of sp³-hybridized carbons (Fsp3) is 0.0714. The number of nitrogens with zero attached hydrogens (tertiary/aromatic N) is 1. The van der Waals surface area contributed by atoms with Gasteiger partial charge in [-0.2, -0.15) is 0 Å². The topological polar surface area (TPSA) is 41.3 Å². The van der Waals surface area contributed by atoms with E-state index in [1.165, 1.54) is 37.9 Å². The van der Waals surface area contributed by atoms with Crippen LogP contribution >= 0.6 is 0 Å². The third kappa shape index (κ3) is 3.67. The van der Waals surface area contributed by atoms with Gasteiger partial charge in [0.05, 0.1) is 16.9 Å². The van der Waals surface area contributed by atoms with Gasteiger partial charge in [-0.05, 0) is 60.7 Å². The molecule has 0 aliphatic rings. The van der Waals surface area contributed by atoms with Crippen LogP contribution in [0.4, 0.5) is 5.69 Å². The Morgan fingerprint density at radius 3 is 2.07 bits per heavy atom. The van der Waals surface area contributed by atoms with E-state index in [0.717, 1.165) is 66.6 Å². The summed E-state index contributed by atoms with van der Waals surface area (Å²) in [4.78, 5) is 9.34. The average molecular weight is 579 g/mol. The number of benzene rings is 7. The van der Waals surface area contributed by atoms with Gasteiger partial charge < -0.3 is 9.40 Å². The van der Waals surface area contributed by atoms with Crippen LogP contribution in [0.5, 0.6) is 0 Å². The zero-order valence-corrected chi connectivity index (χ0v) is 25.4. The molecule has 0 aliphatic carbocycles. The highest BCUT2D eigenvalue weighted by Crippen LogP contribution is 2.50. The predicted molar refractivity (Wildman–Crippen MR) is 191 cm³/mol. The molecule has 2 heterocycles. The quantitative estimate of drug-likeness (QED) is 0.164. The normalized spacial score (nSPS) is 12.5. The highest BCUT2D eigenvalue weighted by atomic mass is 16.3. The lowest BCUT2D eigenvalue weighted by Crippen LogP contribution is -2.07. The molecule has 0 spiro atoms. The van der Waals surface area contributed by atoms with E-state index in [1.54, 1.807) is 0 Å². The Morgan fingerprint density at radius 1 is 0.600 bits per heavy atom. The molecule has 214 valence electrons. The lowest BCUT2D eigenvalue weighted by atomic mass is 9.85. The van der Waals surface area contributed by atoms with E-state index < -0.39 is 0 Å². The number of furan rings is 1. The molecule has 0 aliphatic heterocycles. The SMILES string of the molecule is CC(C)=C(C(=Nc1ccccc1C)c1ccccc1)c1c2oc3cccc4c5ccccc5c(c5[nH]c6ccccc6c15)c2c34. The van der Waals surface area contributed by atoms with Crippen LogP contribution in [0.15, 0.2) is 136 Å². The van der Waals surface area contributed by atoms with Crippen molar-refractivity contribution in [3.05, 3.63) is 144 Å². The van der Waals surface area contributed by atoms with Gasteiger partial charge in [0.25, 0.3) is 0 Å². The fourth-order valence-electron chi connectivity index (χ4n) is 7.33. The predicted octanol–water partition coefficient (Wildman–Crippen LogP) is 11.9. The molecule has 0 unspecified atom stereocenters. The van der Waals surface area contributed by atoms with E-state index in [9.17, 15) is 0 Å². The number of nitrogens with one attached hydrogen (secondary N) is 1. The molecule has 3 heteroatoms. The molecule has 9 aromatic rings. The Balaban J connectivity index is 1.55. The fourth-order valence-corrected chi connectivity index (χ4v) is 7.33. The van der Waals surface area contributed by atoms with Crippen molar-refractivity contribution in [2.75, 3.05) is 0 Å². The minimum Gasteiger partial charge on any atom is -0.455 e. The lowest BCUT2D eigenvalue weighted by molar-refractivity contribution is 0.669. The van der Waals surface area contributed by atoms with Crippen molar-refractivity contribution < 1.29 is 4.42 Å². The lowest BCUT2D eigenvalue weighted by Gasteiger charge is -2.18. The van der Waals surface area contributed by atoms with Gasteiger partial charge in [0.2, 0.25) is 0 Å². The summed E-state index contributed by atoms with van der Waals surface area (Å²) >= 11 is 0. The van der Waals surface area contributed by atoms with Gasteiger partial charge in [-0.25, -0.2) is 4.99 Å². The number of aromatic nitrogens is 1. The third-order valence-corrected chi connectivity index (χ3v) is 9.27. The van der Waals surface area contributed by atoms with Gasteiger partial charge in [-0.3, -0.25) is 0 Å². The number of aryl methyl sites for hydroxylation is 1. The Labute approximate surface area is 260 Å². The highest BCUT2D eigenvalue weighted by Gasteiger charge is 2.29. The Morgan fingerprint density at radius 2 is 1.27 bits per heavy atom. The number of aliphatic imine (C=N–C) groups is 1. The number of para-hydroxylation sites is 2. The van der Waals surface area contributed by atoms with Gasteiger partial charge in [-0.15, -0.1) is 0 Å². The van der Waals surface area contributed by atoms with Crippen molar-refractivity contribution in [3.8, 4) is 0 Å². The number of hydrogen-bond acceptors (Lipinski definition) is 2. The maximum Gasteiger partial charge on any atom is 0.144 e. The number of H-pyrrole nitrogens is 1. The third-order valence-electron chi connectivity index (χ3n) is 9.27. The Hall–Kier alpha value is -5.67. The summed E-state index contributed by atoms with van der Waals surface area (Å²) in [5, 5.41) is 9.55. The van der Waals surface area contributed by atoms with Crippen LogP contribution in [0, 0.1) is 6.92 Å². The molecular weight excluding hydrogens is 548 g/mol. The first-order valence-corrected chi connectivity index (χ1v) is 15.5. The number of allylic oxidation sites excluding steroid dienone is 2. The molecule has 3 nitrogen and oxygen atoms in total. The van der Waals surface area contributed by atoms with Crippen LogP contribution in [0.3, 0.4) is 0 Å². The van der Waals surface area contributed by atoms with Crippen LogP contribution in [0.25, 0.3) is 70.9 Å². The largest absolute Gasteiger partial charge is 0.455 e. The Bertz CT molecular complexity index is 2660. The van der Waals surface area contributed by atoms with Gasteiger partial charge in [0.15, 0.2) is 0 Å².